The fourth-order valence-corrected chi connectivity index (χ4v) is 2.27. The van der Waals surface area contributed by atoms with Gasteiger partial charge in [-0.05, 0) is 37.8 Å². The molecule has 0 heterocycles. The number of carbonyl (C=O) groups excluding carboxylic acids is 1. The standard InChI is InChI=1S/C15H23NO/c1-5-16(14(4)17)10-6-7-15-9-8-12(2)11-13(15)3/h5-7,11,13,15H,1,8-10H2,2-4H3/b7-6+. The summed E-state index contributed by atoms with van der Waals surface area (Å²) in [5.74, 6) is 1.25. The number of rotatable bonds is 4. The monoisotopic (exact) mass is 233 g/mol. The van der Waals surface area contributed by atoms with Crippen LogP contribution in [-0.4, -0.2) is 17.4 Å². The van der Waals surface area contributed by atoms with Crippen LogP contribution >= 0.6 is 0 Å². The fraction of sp³-hybridized carbons (Fsp3) is 0.533. The van der Waals surface area contributed by atoms with Crippen LogP contribution in [0.2, 0.25) is 0 Å². The van der Waals surface area contributed by atoms with Crippen molar-refractivity contribution in [2.75, 3.05) is 6.54 Å². The summed E-state index contributed by atoms with van der Waals surface area (Å²) in [7, 11) is 0. The Hall–Kier alpha value is -1.31. The van der Waals surface area contributed by atoms with Gasteiger partial charge in [0, 0.05) is 13.5 Å². The molecule has 1 rings (SSSR count). The van der Waals surface area contributed by atoms with Crippen LogP contribution in [0, 0.1) is 11.8 Å². The molecule has 1 aliphatic carbocycles. The summed E-state index contributed by atoms with van der Waals surface area (Å²) < 4.78 is 0. The van der Waals surface area contributed by atoms with Gasteiger partial charge in [0.05, 0.1) is 0 Å². The molecule has 0 bridgehead atoms. The molecule has 0 fully saturated rings. The van der Waals surface area contributed by atoms with Crippen LogP contribution in [0.5, 0.6) is 0 Å². The zero-order valence-corrected chi connectivity index (χ0v) is 11.1. The third kappa shape index (κ3) is 4.22. The summed E-state index contributed by atoms with van der Waals surface area (Å²) in [5.41, 5.74) is 1.50. The molecule has 0 N–H and O–H groups in total. The van der Waals surface area contributed by atoms with Crippen molar-refractivity contribution in [3.8, 4) is 0 Å². The van der Waals surface area contributed by atoms with Crippen molar-refractivity contribution in [2.45, 2.75) is 33.6 Å². The molecule has 0 saturated carbocycles. The number of hydrogen-bond donors (Lipinski definition) is 0. The quantitative estimate of drug-likeness (QED) is 0.680. The van der Waals surface area contributed by atoms with Crippen LogP contribution in [0.25, 0.3) is 0 Å². The van der Waals surface area contributed by atoms with Gasteiger partial charge < -0.3 is 4.90 Å². The third-order valence-corrected chi connectivity index (χ3v) is 3.41. The molecule has 0 aromatic carbocycles. The normalized spacial score (nSPS) is 24.5. The first-order chi connectivity index (χ1) is 8.04. The molecule has 0 radical (unpaired) electrons. The van der Waals surface area contributed by atoms with E-state index < -0.39 is 0 Å². The zero-order chi connectivity index (χ0) is 12.8. The lowest BCUT2D eigenvalue weighted by molar-refractivity contribution is -0.125. The first-order valence-corrected chi connectivity index (χ1v) is 6.28. The highest BCUT2D eigenvalue weighted by molar-refractivity contribution is 5.74. The molecule has 2 heteroatoms. The van der Waals surface area contributed by atoms with Gasteiger partial charge in [0.15, 0.2) is 0 Å². The summed E-state index contributed by atoms with van der Waals surface area (Å²) in [5, 5.41) is 0. The molecular formula is C15H23NO. The van der Waals surface area contributed by atoms with Crippen molar-refractivity contribution in [3.63, 3.8) is 0 Å². The Balaban J connectivity index is 2.49. The van der Waals surface area contributed by atoms with Gasteiger partial charge in [-0.3, -0.25) is 4.79 Å². The van der Waals surface area contributed by atoms with E-state index in [1.54, 1.807) is 18.0 Å². The van der Waals surface area contributed by atoms with E-state index in [4.69, 9.17) is 0 Å². The van der Waals surface area contributed by atoms with Gasteiger partial charge in [0.25, 0.3) is 0 Å². The highest BCUT2D eigenvalue weighted by Gasteiger charge is 2.16. The van der Waals surface area contributed by atoms with E-state index in [2.05, 4.69) is 38.7 Å². The van der Waals surface area contributed by atoms with Crippen LogP contribution in [0.3, 0.4) is 0 Å². The van der Waals surface area contributed by atoms with Crippen LogP contribution in [0.15, 0.2) is 36.6 Å². The maximum absolute atomic E-state index is 11.2. The Labute approximate surface area is 105 Å². The second-order valence-electron chi connectivity index (χ2n) is 4.86. The highest BCUT2D eigenvalue weighted by atomic mass is 16.2. The summed E-state index contributed by atoms with van der Waals surface area (Å²) in [4.78, 5) is 12.8. The van der Waals surface area contributed by atoms with Gasteiger partial charge in [-0.1, -0.05) is 37.3 Å². The summed E-state index contributed by atoms with van der Waals surface area (Å²) in [6, 6.07) is 0. The topological polar surface area (TPSA) is 20.3 Å². The molecule has 0 aromatic rings. The Bertz CT molecular complexity index is 341. The smallest absolute Gasteiger partial charge is 0.223 e. The molecule has 2 atom stereocenters. The van der Waals surface area contributed by atoms with Crippen molar-refractivity contribution in [2.24, 2.45) is 11.8 Å². The second-order valence-corrected chi connectivity index (χ2v) is 4.86. The Kier molecular flexibility index (Phi) is 5.20. The van der Waals surface area contributed by atoms with E-state index in [0.717, 1.165) is 0 Å². The molecule has 17 heavy (non-hydrogen) atoms. The molecule has 1 aliphatic rings. The van der Waals surface area contributed by atoms with E-state index in [1.165, 1.54) is 18.4 Å². The minimum absolute atomic E-state index is 0.0390. The fourth-order valence-electron chi connectivity index (χ4n) is 2.27. The Morgan fingerprint density at radius 3 is 2.88 bits per heavy atom. The summed E-state index contributed by atoms with van der Waals surface area (Å²) in [6.07, 6.45) is 10.7. The van der Waals surface area contributed by atoms with Crippen molar-refractivity contribution >= 4 is 5.91 Å². The van der Waals surface area contributed by atoms with E-state index in [-0.39, 0.29) is 5.91 Å². The number of amides is 1. The van der Waals surface area contributed by atoms with Gasteiger partial charge in [0.1, 0.15) is 0 Å². The van der Waals surface area contributed by atoms with Crippen LogP contribution in [0.1, 0.15) is 33.6 Å². The Morgan fingerprint density at radius 1 is 1.65 bits per heavy atom. The minimum Gasteiger partial charge on any atom is -0.316 e. The maximum Gasteiger partial charge on any atom is 0.223 e. The Morgan fingerprint density at radius 2 is 2.35 bits per heavy atom. The van der Waals surface area contributed by atoms with Crippen LogP contribution in [-0.2, 0) is 4.79 Å². The van der Waals surface area contributed by atoms with Gasteiger partial charge in [-0.2, -0.15) is 0 Å². The summed E-state index contributed by atoms with van der Waals surface area (Å²) in [6.45, 7) is 10.3. The van der Waals surface area contributed by atoms with Crippen LogP contribution in [0.4, 0.5) is 0 Å². The minimum atomic E-state index is 0.0390. The van der Waals surface area contributed by atoms with E-state index in [1.807, 2.05) is 0 Å². The second kappa shape index (κ2) is 6.43. The van der Waals surface area contributed by atoms with E-state index in [0.29, 0.717) is 18.4 Å². The molecule has 0 aliphatic heterocycles. The molecule has 1 amide bonds. The zero-order valence-electron chi connectivity index (χ0n) is 11.1. The van der Waals surface area contributed by atoms with Crippen molar-refractivity contribution in [1.29, 1.82) is 0 Å². The van der Waals surface area contributed by atoms with Crippen molar-refractivity contribution in [1.82, 2.24) is 4.90 Å². The van der Waals surface area contributed by atoms with Gasteiger partial charge >= 0.3 is 0 Å². The maximum atomic E-state index is 11.2. The van der Waals surface area contributed by atoms with Crippen molar-refractivity contribution in [3.05, 3.63) is 36.6 Å². The van der Waals surface area contributed by atoms with Crippen LogP contribution < -0.4 is 0 Å². The van der Waals surface area contributed by atoms with Crippen molar-refractivity contribution < 1.29 is 4.79 Å². The predicted octanol–water partition coefficient (Wildman–Crippen LogP) is 3.53. The lowest BCUT2D eigenvalue weighted by atomic mass is 9.82. The average Bonchev–Trinajstić information content (AvgIpc) is 2.26. The first kappa shape index (κ1) is 13.8. The molecule has 94 valence electrons. The number of allylic oxidation sites excluding steroid dienone is 3. The first-order valence-electron chi connectivity index (χ1n) is 6.28. The van der Waals surface area contributed by atoms with E-state index >= 15 is 0 Å². The third-order valence-electron chi connectivity index (χ3n) is 3.41. The largest absolute Gasteiger partial charge is 0.316 e. The number of hydrogen-bond acceptors (Lipinski definition) is 1. The van der Waals surface area contributed by atoms with Gasteiger partial charge in [-0.25, -0.2) is 0 Å². The highest BCUT2D eigenvalue weighted by Crippen LogP contribution is 2.29. The van der Waals surface area contributed by atoms with E-state index in [9.17, 15) is 4.79 Å². The summed E-state index contributed by atoms with van der Waals surface area (Å²) >= 11 is 0. The molecule has 0 saturated heterocycles. The lowest BCUT2D eigenvalue weighted by Gasteiger charge is -2.24. The molecule has 2 unspecified atom stereocenters. The SMILES string of the molecule is C=CN(C/C=C/C1CCC(C)=CC1C)C(C)=O. The predicted molar refractivity (Wildman–Crippen MR) is 72.4 cm³/mol. The number of carbonyl (C=O) groups is 1. The number of nitrogens with zero attached hydrogens (tertiary/aromatic N) is 1. The molecule has 2 nitrogen and oxygen atoms in total. The molecular weight excluding hydrogens is 210 g/mol. The van der Waals surface area contributed by atoms with Gasteiger partial charge in [-0.15, -0.1) is 0 Å². The lowest BCUT2D eigenvalue weighted by Crippen LogP contribution is -2.22. The average molecular weight is 233 g/mol. The molecule has 0 aromatic heterocycles. The molecule has 0 spiro atoms. The van der Waals surface area contributed by atoms with Gasteiger partial charge in [0.2, 0.25) is 5.91 Å².